The number of morpholine rings is 1. The minimum atomic E-state index is -0.107. The lowest BCUT2D eigenvalue weighted by atomic mass is 10.2. The molecule has 142 valence electrons. The maximum absolute atomic E-state index is 6.20. The van der Waals surface area contributed by atoms with E-state index in [1.54, 1.807) is 0 Å². The normalized spacial score (nSPS) is 17.4. The van der Waals surface area contributed by atoms with Crippen molar-refractivity contribution in [1.29, 1.82) is 0 Å². The minimum absolute atomic E-state index is 0.107. The van der Waals surface area contributed by atoms with Crippen LogP contribution < -0.4 is 10.6 Å². The van der Waals surface area contributed by atoms with Gasteiger partial charge in [-0.05, 0) is 36.2 Å². The lowest BCUT2D eigenvalue weighted by molar-refractivity contribution is 0.0203. The maximum atomic E-state index is 6.20. The summed E-state index contributed by atoms with van der Waals surface area (Å²) in [7, 11) is 0. The number of imidazole rings is 1. The Kier molecular flexibility index (Phi) is 5.58. The average molecular weight is 452 g/mol. The molecule has 0 bridgehead atoms. The summed E-state index contributed by atoms with van der Waals surface area (Å²) < 4.78 is 8.98. The molecule has 7 nitrogen and oxygen atoms in total. The quantitative estimate of drug-likeness (QED) is 0.578. The zero-order valence-electron chi connectivity index (χ0n) is 14.9. The molecule has 1 saturated heterocycles. The van der Waals surface area contributed by atoms with Crippen molar-refractivity contribution in [3.63, 3.8) is 0 Å². The van der Waals surface area contributed by atoms with E-state index in [4.69, 9.17) is 21.3 Å². The van der Waals surface area contributed by atoms with Gasteiger partial charge in [0, 0.05) is 30.7 Å². The van der Waals surface area contributed by atoms with Crippen LogP contribution in [0.25, 0.3) is 11.2 Å². The van der Waals surface area contributed by atoms with E-state index in [-0.39, 0.29) is 11.4 Å². The Hall–Kier alpha value is -1.74. The van der Waals surface area contributed by atoms with Gasteiger partial charge in [-0.15, -0.1) is 0 Å². The summed E-state index contributed by atoms with van der Waals surface area (Å²) in [6, 6.07) is 8.11. The predicted octanol–water partition coefficient (Wildman–Crippen LogP) is 3.54. The number of ether oxygens (including phenoxy) is 1. The molecule has 4 rings (SSSR count). The second-order valence-electron chi connectivity index (χ2n) is 6.27. The van der Waals surface area contributed by atoms with Crippen molar-refractivity contribution < 1.29 is 4.74 Å². The first-order valence-electron chi connectivity index (χ1n) is 8.90. The first-order valence-corrected chi connectivity index (χ1v) is 10.1. The number of halogens is 2. The molecule has 1 aliphatic heterocycles. The Balaban J connectivity index is 1.70. The second-order valence-corrected chi connectivity index (χ2v) is 7.53. The molecule has 2 aromatic heterocycles. The average Bonchev–Trinajstić information content (AvgIpc) is 3.05. The molecule has 9 heteroatoms. The zero-order valence-corrected chi connectivity index (χ0v) is 17.2. The van der Waals surface area contributed by atoms with E-state index >= 15 is 0 Å². The first kappa shape index (κ1) is 18.6. The summed E-state index contributed by atoms with van der Waals surface area (Å²) in [6.07, 6.45) is -0.107. The Labute approximate surface area is 170 Å². The number of rotatable bonds is 5. The Morgan fingerprint density at radius 1 is 1.37 bits per heavy atom. The fraction of sp³-hybridized carbons (Fsp3) is 0.389. The van der Waals surface area contributed by atoms with Crippen LogP contribution in [0, 0.1) is 0 Å². The van der Waals surface area contributed by atoms with Crippen LogP contribution in [0.5, 0.6) is 0 Å². The summed E-state index contributed by atoms with van der Waals surface area (Å²) in [5, 5.41) is 6.89. The van der Waals surface area contributed by atoms with Gasteiger partial charge in [-0.3, -0.25) is 0 Å². The summed E-state index contributed by atoms with van der Waals surface area (Å²) in [4.78, 5) is 13.6. The molecule has 0 spiro atoms. The minimum Gasteiger partial charge on any atom is -0.368 e. The van der Waals surface area contributed by atoms with E-state index in [1.165, 1.54) is 0 Å². The Bertz CT molecular complexity index is 956. The molecule has 27 heavy (non-hydrogen) atoms. The standard InChI is InChI=1S/C18H20BrClN6O/c1-2-26-16(13-10-21-6-7-27-13)23-14-15(24-18(20)25-17(14)26)22-9-11-4-3-5-12(19)8-11/h3-5,8,13,21H,2,6-7,9-10H2,1H3,(H,22,24,25). The van der Waals surface area contributed by atoms with Crippen molar-refractivity contribution in [2.75, 3.05) is 25.0 Å². The molecule has 3 heterocycles. The highest BCUT2D eigenvalue weighted by atomic mass is 79.9. The van der Waals surface area contributed by atoms with Gasteiger partial charge in [0.15, 0.2) is 17.0 Å². The van der Waals surface area contributed by atoms with Crippen LogP contribution >= 0.6 is 27.5 Å². The van der Waals surface area contributed by atoms with Crippen molar-refractivity contribution in [1.82, 2.24) is 24.8 Å². The molecule has 0 radical (unpaired) electrons. The van der Waals surface area contributed by atoms with Crippen molar-refractivity contribution >= 4 is 44.5 Å². The molecule has 1 unspecified atom stereocenters. The lowest BCUT2D eigenvalue weighted by Crippen LogP contribution is -2.34. The van der Waals surface area contributed by atoms with E-state index < -0.39 is 0 Å². The molecule has 1 fully saturated rings. The summed E-state index contributed by atoms with van der Waals surface area (Å²) in [5.41, 5.74) is 2.56. The number of fused-ring (bicyclic) bond motifs is 1. The van der Waals surface area contributed by atoms with Crippen molar-refractivity contribution in [3.8, 4) is 0 Å². The van der Waals surface area contributed by atoms with Crippen LogP contribution in [-0.2, 0) is 17.8 Å². The van der Waals surface area contributed by atoms with Gasteiger partial charge in [-0.25, -0.2) is 4.98 Å². The Morgan fingerprint density at radius 3 is 3.00 bits per heavy atom. The monoisotopic (exact) mass is 450 g/mol. The maximum Gasteiger partial charge on any atom is 0.226 e. The number of anilines is 1. The van der Waals surface area contributed by atoms with Crippen LogP contribution in [0.15, 0.2) is 28.7 Å². The van der Waals surface area contributed by atoms with Crippen molar-refractivity contribution in [3.05, 3.63) is 45.4 Å². The molecule has 3 aromatic rings. The molecule has 1 atom stereocenters. The summed E-state index contributed by atoms with van der Waals surface area (Å²) in [5.74, 6) is 1.48. The van der Waals surface area contributed by atoms with Gasteiger partial charge in [0.1, 0.15) is 11.9 Å². The van der Waals surface area contributed by atoms with Crippen LogP contribution in [0.1, 0.15) is 24.4 Å². The lowest BCUT2D eigenvalue weighted by Gasteiger charge is -2.23. The predicted molar refractivity (Wildman–Crippen MR) is 109 cm³/mol. The molecular weight excluding hydrogens is 432 g/mol. The van der Waals surface area contributed by atoms with Gasteiger partial charge in [-0.1, -0.05) is 28.1 Å². The Morgan fingerprint density at radius 2 is 2.26 bits per heavy atom. The zero-order chi connectivity index (χ0) is 18.8. The number of aryl methyl sites for hydroxylation is 1. The fourth-order valence-corrected chi connectivity index (χ4v) is 3.85. The van der Waals surface area contributed by atoms with Crippen LogP contribution in [0.2, 0.25) is 5.28 Å². The van der Waals surface area contributed by atoms with E-state index in [0.717, 1.165) is 41.1 Å². The highest BCUT2D eigenvalue weighted by molar-refractivity contribution is 9.10. The number of aromatic nitrogens is 4. The number of nitrogens with zero attached hydrogens (tertiary/aromatic N) is 4. The van der Waals surface area contributed by atoms with Crippen molar-refractivity contribution in [2.24, 2.45) is 0 Å². The van der Waals surface area contributed by atoms with Crippen LogP contribution in [-0.4, -0.2) is 39.2 Å². The fourth-order valence-electron chi connectivity index (χ4n) is 3.24. The molecule has 2 N–H and O–H groups in total. The molecule has 0 amide bonds. The molecule has 1 aromatic carbocycles. The van der Waals surface area contributed by atoms with Gasteiger partial charge in [-0.2, -0.15) is 9.97 Å². The van der Waals surface area contributed by atoms with E-state index in [2.05, 4.69) is 55.6 Å². The first-order chi connectivity index (χ1) is 13.2. The van der Waals surface area contributed by atoms with Crippen LogP contribution in [0.4, 0.5) is 5.82 Å². The highest BCUT2D eigenvalue weighted by Crippen LogP contribution is 2.28. The number of hydrogen-bond acceptors (Lipinski definition) is 6. The topological polar surface area (TPSA) is 76.9 Å². The molecule has 0 aliphatic carbocycles. The molecule has 0 saturated carbocycles. The van der Waals surface area contributed by atoms with Gasteiger partial charge in [0.25, 0.3) is 0 Å². The van der Waals surface area contributed by atoms with Gasteiger partial charge in [0.2, 0.25) is 5.28 Å². The van der Waals surface area contributed by atoms with Gasteiger partial charge >= 0.3 is 0 Å². The number of benzene rings is 1. The SMILES string of the molecule is CCn1c(C2CNCCO2)nc2c(NCc3cccc(Br)c3)nc(Cl)nc21. The third-order valence-electron chi connectivity index (χ3n) is 4.48. The largest absolute Gasteiger partial charge is 0.368 e. The van der Waals surface area contributed by atoms with E-state index in [0.29, 0.717) is 24.5 Å². The van der Waals surface area contributed by atoms with Crippen molar-refractivity contribution in [2.45, 2.75) is 26.1 Å². The van der Waals surface area contributed by atoms with Gasteiger partial charge < -0.3 is 19.9 Å². The number of hydrogen-bond donors (Lipinski definition) is 2. The third-order valence-corrected chi connectivity index (χ3v) is 5.14. The van der Waals surface area contributed by atoms with Crippen LogP contribution in [0.3, 0.4) is 0 Å². The second kappa shape index (κ2) is 8.10. The summed E-state index contributed by atoms with van der Waals surface area (Å²) in [6.45, 7) is 5.64. The van der Waals surface area contributed by atoms with E-state index in [9.17, 15) is 0 Å². The van der Waals surface area contributed by atoms with E-state index in [1.807, 2.05) is 16.7 Å². The summed E-state index contributed by atoms with van der Waals surface area (Å²) >= 11 is 9.70. The molecular formula is C18H20BrClN6O. The number of nitrogens with one attached hydrogen (secondary N) is 2. The van der Waals surface area contributed by atoms with Gasteiger partial charge in [0.05, 0.1) is 6.61 Å². The smallest absolute Gasteiger partial charge is 0.226 e. The third kappa shape index (κ3) is 3.94. The molecule has 1 aliphatic rings. The highest BCUT2D eigenvalue weighted by Gasteiger charge is 2.25.